The molecule has 0 aliphatic carbocycles. The van der Waals surface area contributed by atoms with Crippen LogP contribution in [0.25, 0.3) is 11.0 Å². The van der Waals surface area contributed by atoms with Gasteiger partial charge in [-0.05, 0) is 38.0 Å². The van der Waals surface area contributed by atoms with Gasteiger partial charge in [0.25, 0.3) is 0 Å². The minimum atomic E-state index is -4.21. The monoisotopic (exact) mass is 541 g/mol. The molecule has 39 heavy (non-hydrogen) atoms. The van der Waals surface area contributed by atoms with Crippen molar-refractivity contribution in [2.45, 2.75) is 57.9 Å². The number of rotatable bonds is 8. The number of pyridine rings is 1. The van der Waals surface area contributed by atoms with Crippen LogP contribution in [-0.4, -0.2) is 63.9 Å². The molecule has 1 aromatic carbocycles. The summed E-state index contributed by atoms with van der Waals surface area (Å²) >= 11 is 0. The van der Waals surface area contributed by atoms with Crippen LogP contribution in [0.15, 0.2) is 41.2 Å². The molecule has 208 valence electrons. The first-order chi connectivity index (χ1) is 18.5. The Hall–Kier alpha value is -3.49. The van der Waals surface area contributed by atoms with Gasteiger partial charge in [-0.1, -0.05) is 36.8 Å². The molecule has 11 heteroatoms. The van der Waals surface area contributed by atoms with Crippen molar-refractivity contribution in [3.63, 3.8) is 0 Å². The molecule has 0 radical (unpaired) electrons. The van der Waals surface area contributed by atoms with Gasteiger partial charge in [-0.3, -0.25) is 9.47 Å². The van der Waals surface area contributed by atoms with Gasteiger partial charge in [0.15, 0.2) is 5.82 Å². The molecule has 1 unspecified atom stereocenters. The van der Waals surface area contributed by atoms with E-state index in [2.05, 4.69) is 38.1 Å². The summed E-state index contributed by atoms with van der Waals surface area (Å²) < 4.78 is 39.8. The highest BCUT2D eigenvalue weighted by Crippen LogP contribution is 2.33. The van der Waals surface area contributed by atoms with E-state index < -0.39 is 18.3 Å². The van der Waals surface area contributed by atoms with Crippen molar-refractivity contribution in [2.75, 3.05) is 31.1 Å². The van der Waals surface area contributed by atoms with Gasteiger partial charge in [-0.2, -0.15) is 23.4 Å². The summed E-state index contributed by atoms with van der Waals surface area (Å²) in [5.74, 6) is 0.450. The average molecular weight is 542 g/mol. The van der Waals surface area contributed by atoms with Gasteiger partial charge < -0.3 is 10.2 Å². The molecule has 3 atom stereocenters. The summed E-state index contributed by atoms with van der Waals surface area (Å²) in [7, 11) is 1.63. The Balaban J connectivity index is 1.66. The molecule has 0 amide bonds. The molecular formula is C28H34F3N7O. The van der Waals surface area contributed by atoms with E-state index in [1.54, 1.807) is 19.2 Å². The van der Waals surface area contributed by atoms with Crippen LogP contribution in [-0.2, 0) is 7.05 Å². The number of fused-ring (bicyclic) bond motifs is 1. The van der Waals surface area contributed by atoms with Crippen molar-refractivity contribution in [1.29, 1.82) is 5.26 Å². The SMILES string of the molecule is CC[C@@H]1CN(c2nc(=O)n(C)c3ccc(C#N)nc23)[C@@H](C)CN1C(CNCCC(F)(F)F)c1ccc(C)cc1. The first-order valence-electron chi connectivity index (χ1n) is 13.2. The van der Waals surface area contributed by atoms with Crippen LogP contribution >= 0.6 is 0 Å². The molecule has 1 aliphatic heterocycles. The fourth-order valence-electron chi connectivity index (χ4n) is 5.26. The van der Waals surface area contributed by atoms with E-state index in [1.165, 1.54) is 4.57 Å². The third-order valence-electron chi connectivity index (χ3n) is 7.46. The summed E-state index contributed by atoms with van der Waals surface area (Å²) in [5.41, 5.74) is 3.08. The number of aromatic nitrogens is 3. The van der Waals surface area contributed by atoms with Crippen LogP contribution in [0.3, 0.4) is 0 Å². The average Bonchev–Trinajstić information content (AvgIpc) is 2.90. The minimum Gasteiger partial charge on any atom is -0.349 e. The number of halogens is 3. The van der Waals surface area contributed by atoms with Crippen molar-refractivity contribution in [1.82, 2.24) is 24.8 Å². The molecular weight excluding hydrogens is 507 g/mol. The van der Waals surface area contributed by atoms with Gasteiger partial charge in [-0.25, -0.2) is 9.78 Å². The normalized spacial score (nSPS) is 19.3. The highest BCUT2D eigenvalue weighted by Gasteiger charge is 2.37. The zero-order valence-electron chi connectivity index (χ0n) is 22.7. The molecule has 3 heterocycles. The number of piperazine rings is 1. The van der Waals surface area contributed by atoms with Crippen molar-refractivity contribution in [3.8, 4) is 6.07 Å². The van der Waals surface area contributed by atoms with E-state index in [1.807, 2.05) is 38.1 Å². The van der Waals surface area contributed by atoms with E-state index in [0.29, 0.717) is 36.5 Å². The number of hydrogen-bond donors (Lipinski definition) is 1. The first kappa shape index (κ1) is 28.5. The second-order valence-corrected chi connectivity index (χ2v) is 10.2. The lowest BCUT2D eigenvalue weighted by Crippen LogP contribution is -2.59. The quantitative estimate of drug-likeness (QED) is 0.430. The van der Waals surface area contributed by atoms with Crippen molar-refractivity contribution in [2.24, 2.45) is 7.05 Å². The first-order valence-corrected chi connectivity index (χ1v) is 13.2. The summed E-state index contributed by atoms with van der Waals surface area (Å²) in [4.78, 5) is 26.0. The van der Waals surface area contributed by atoms with Gasteiger partial charge in [0.1, 0.15) is 17.3 Å². The fraction of sp³-hybridized carbons (Fsp3) is 0.500. The van der Waals surface area contributed by atoms with E-state index in [0.717, 1.165) is 17.5 Å². The largest absolute Gasteiger partial charge is 0.390 e. The maximum atomic E-state index is 12.8. The highest BCUT2D eigenvalue weighted by molar-refractivity contribution is 5.86. The summed E-state index contributed by atoms with van der Waals surface area (Å²) in [6, 6.07) is 13.3. The Morgan fingerprint density at radius 3 is 2.51 bits per heavy atom. The van der Waals surface area contributed by atoms with E-state index >= 15 is 0 Å². The molecule has 2 aromatic heterocycles. The summed E-state index contributed by atoms with van der Waals surface area (Å²) in [6.45, 7) is 7.52. The van der Waals surface area contributed by atoms with Crippen LogP contribution < -0.4 is 15.9 Å². The maximum Gasteiger partial charge on any atom is 0.390 e. The number of nitriles is 1. The predicted octanol–water partition coefficient (Wildman–Crippen LogP) is 4.08. The smallest absolute Gasteiger partial charge is 0.349 e. The number of nitrogens with one attached hydrogen (secondary N) is 1. The maximum absolute atomic E-state index is 12.8. The van der Waals surface area contributed by atoms with Gasteiger partial charge >= 0.3 is 11.9 Å². The summed E-state index contributed by atoms with van der Waals surface area (Å²) in [5, 5.41) is 12.5. The minimum absolute atomic E-state index is 0.0389. The predicted molar refractivity (Wildman–Crippen MR) is 145 cm³/mol. The molecule has 1 aliphatic rings. The Kier molecular flexibility index (Phi) is 8.57. The van der Waals surface area contributed by atoms with Gasteiger partial charge in [0.05, 0.1) is 11.9 Å². The lowest BCUT2D eigenvalue weighted by Gasteiger charge is -2.49. The van der Waals surface area contributed by atoms with Crippen molar-refractivity contribution >= 4 is 16.9 Å². The van der Waals surface area contributed by atoms with Crippen LogP contribution in [0.4, 0.5) is 19.0 Å². The van der Waals surface area contributed by atoms with E-state index in [9.17, 15) is 23.2 Å². The lowest BCUT2D eigenvalue weighted by molar-refractivity contribution is -0.133. The standard InChI is InChI=1S/C28H34F3N7O/c1-5-22-17-37(26-25-23(36(4)27(39)35-26)11-10-21(14-32)34-25)19(3)16-38(22)24(15-33-13-12-28(29,30)31)20-8-6-18(2)7-9-20/h6-11,19,22,24,33H,5,12-13,15-17H2,1-4H3/t19-,22+,24?/m0/s1. The van der Waals surface area contributed by atoms with Crippen LogP contribution in [0.2, 0.25) is 0 Å². The van der Waals surface area contributed by atoms with Gasteiger partial charge in [0.2, 0.25) is 0 Å². The Morgan fingerprint density at radius 1 is 1.15 bits per heavy atom. The Morgan fingerprint density at radius 2 is 1.87 bits per heavy atom. The van der Waals surface area contributed by atoms with E-state index in [-0.39, 0.29) is 30.4 Å². The third-order valence-corrected chi connectivity index (χ3v) is 7.46. The Labute approximate surface area is 226 Å². The van der Waals surface area contributed by atoms with Gasteiger partial charge in [-0.15, -0.1) is 0 Å². The van der Waals surface area contributed by atoms with Crippen LogP contribution in [0.1, 0.15) is 49.6 Å². The zero-order valence-corrected chi connectivity index (χ0v) is 22.7. The molecule has 0 bridgehead atoms. The Bertz CT molecular complexity index is 1400. The third kappa shape index (κ3) is 6.40. The molecule has 0 saturated carbocycles. The number of nitrogens with zero attached hydrogens (tertiary/aromatic N) is 6. The van der Waals surface area contributed by atoms with Crippen molar-refractivity contribution < 1.29 is 13.2 Å². The van der Waals surface area contributed by atoms with Crippen LogP contribution in [0, 0.1) is 18.3 Å². The number of hydrogen-bond acceptors (Lipinski definition) is 7. The number of benzene rings is 1. The number of alkyl halides is 3. The van der Waals surface area contributed by atoms with Crippen LogP contribution in [0.5, 0.6) is 0 Å². The molecule has 4 rings (SSSR count). The van der Waals surface area contributed by atoms with Crippen molar-refractivity contribution in [3.05, 3.63) is 63.7 Å². The molecule has 3 aromatic rings. The molecule has 1 saturated heterocycles. The summed E-state index contributed by atoms with van der Waals surface area (Å²) in [6.07, 6.45) is -4.30. The van der Waals surface area contributed by atoms with E-state index in [4.69, 9.17) is 0 Å². The topological polar surface area (TPSA) is 90.1 Å². The fourth-order valence-corrected chi connectivity index (χ4v) is 5.26. The lowest BCUT2D eigenvalue weighted by atomic mass is 9.96. The zero-order chi connectivity index (χ0) is 28.3. The number of anilines is 1. The molecule has 8 nitrogen and oxygen atoms in total. The molecule has 1 fully saturated rings. The molecule has 0 spiro atoms. The second kappa shape index (κ2) is 11.7. The second-order valence-electron chi connectivity index (χ2n) is 10.2. The van der Waals surface area contributed by atoms with Gasteiger partial charge in [0, 0.05) is 51.4 Å². The molecule has 1 N–H and O–H groups in total. The number of aryl methyl sites for hydroxylation is 2. The highest BCUT2D eigenvalue weighted by atomic mass is 19.4.